The number of rotatable bonds is 6. The van der Waals surface area contributed by atoms with E-state index in [2.05, 4.69) is 21.2 Å². The molecule has 1 N–H and O–H groups in total. The largest absolute Gasteiger partial charge is 0.349 e. The second kappa shape index (κ2) is 8.26. The number of sulfonamides is 1. The van der Waals surface area contributed by atoms with Crippen LogP contribution in [0.2, 0.25) is 0 Å². The predicted octanol–water partition coefficient (Wildman–Crippen LogP) is 2.77. The predicted molar refractivity (Wildman–Crippen MR) is 94.9 cm³/mol. The van der Waals surface area contributed by atoms with Gasteiger partial charge in [0.2, 0.25) is 10.0 Å². The highest BCUT2D eigenvalue weighted by Crippen LogP contribution is 2.18. The van der Waals surface area contributed by atoms with E-state index < -0.39 is 10.0 Å². The van der Waals surface area contributed by atoms with E-state index in [4.69, 9.17) is 0 Å². The Balaban J connectivity index is 1.88. The van der Waals surface area contributed by atoms with Crippen LogP contribution >= 0.6 is 15.9 Å². The van der Waals surface area contributed by atoms with Crippen LogP contribution in [0.4, 0.5) is 0 Å². The summed E-state index contributed by atoms with van der Waals surface area (Å²) in [5.41, 5.74) is 0.602. The van der Waals surface area contributed by atoms with Gasteiger partial charge in [0.15, 0.2) is 0 Å². The summed E-state index contributed by atoms with van der Waals surface area (Å²) >= 11 is 3.37. The second-order valence-electron chi connectivity index (χ2n) is 5.80. The summed E-state index contributed by atoms with van der Waals surface area (Å²) in [4.78, 5) is 12.3. The molecule has 0 saturated carbocycles. The van der Waals surface area contributed by atoms with Crippen LogP contribution in [0, 0.1) is 0 Å². The average Bonchev–Trinajstić information content (AvgIpc) is 2.54. The quantitative estimate of drug-likeness (QED) is 0.795. The Morgan fingerprint density at radius 2 is 1.96 bits per heavy atom. The molecule has 1 fully saturated rings. The number of benzene rings is 1. The lowest BCUT2D eigenvalue weighted by atomic mass is 10.1. The molecule has 1 heterocycles. The molecular weight excluding hydrogens is 380 g/mol. The number of amides is 1. The molecule has 0 atom stereocenters. The smallest absolute Gasteiger partial charge is 0.252 e. The van der Waals surface area contributed by atoms with Crippen LogP contribution in [-0.2, 0) is 10.0 Å². The molecule has 5 nitrogen and oxygen atoms in total. The van der Waals surface area contributed by atoms with Crippen LogP contribution < -0.4 is 5.32 Å². The van der Waals surface area contributed by atoms with E-state index in [9.17, 15) is 13.2 Å². The van der Waals surface area contributed by atoms with Gasteiger partial charge < -0.3 is 5.32 Å². The molecule has 1 saturated heterocycles. The Hall–Kier alpha value is -0.920. The molecular formula is C16H23BrN2O3S. The molecule has 0 unspecified atom stereocenters. The molecule has 0 aliphatic carbocycles. The zero-order valence-electron chi connectivity index (χ0n) is 13.3. The third-order valence-corrected chi connectivity index (χ3v) is 6.70. The van der Waals surface area contributed by atoms with E-state index in [1.54, 1.807) is 10.4 Å². The van der Waals surface area contributed by atoms with Crippen LogP contribution in [0.25, 0.3) is 0 Å². The molecule has 2 rings (SSSR count). The number of hydrogen-bond donors (Lipinski definition) is 1. The summed E-state index contributed by atoms with van der Waals surface area (Å²) in [5, 5.41) is 3.00. The van der Waals surface area contributed by atoms with E-state index in [0.29, 0.717) is 37.9 Å². The zero-order chi connectivity index (χ0) is 16.9. The second-order valence-corrected chi connectivity index (χ2v) is 8.74. The molecule has 1 amide bonds. The number of halogens is 1. The van der Waals surface area contributed by atoms with Gasteiger partial charge in [0.25, 0.3) is 5.91 Å². The van der Waals surface area contributed by atoms with Crippen molar-refractivity contribution in [1.29, 1.82) is 0 Å². The van der Waals surface area contributed by atoms with Gasteiger partial charge in [0.05, 0.1) is 11.3 Å². The first kappa shape index (κ1) is 18.4. The SMILES string of the molecule is CCCCS(=O)(=O)N1CCC(NC(=O)c2ccccc2Br)CC1. The molecule has 1 aliphatic rings. The molecule has 128 valence electrons. The van der Waals surface area contributed by atoms with Crippen LogP contribution in [0.1, 0.15) is 43.0 Å². The number of nitrogens with zero attached hydrogens (tertiary/aromatic N) is 1. The summed E-state index contributed by atoms with van der Waals surface area (Å²) in [6, 6.07) is 7.30. The number of carbonyl (C=O) groups excluding carboxylic acids is 1. The first-order valence-electron chi connectivity index (χ1n) is 7.97. The molecule has 0 bridgehead atoms. The number of piperidine rings is 1. The third kappa shape index (κ3) is 5.02. The average molecular weight is 403 g/mol. The molecule has 1 aromatic rings. The molecule has 0 spiro atoms. The normalized spacial score (nSPS) is 17.1. The maximum atomic E-state index is 12.3. The van der Waals surface area contributed by atoms with Gasteiger partial charge in [-0.15, -0.1) is 0 Å². The third-order valence-electron chi connectivity index (χ3n) is 4.06. The van der Waals surface area contributed by atoms with E-state index in [-0.39, 0.29) is 17.7 Å². The van der Waals surface area contributed by atoms with Gasteiger partial charge in [0, 0.05) is 23.6 Å². The zero-order valence-corrected chi connectivity index (χ0v) is 15.7. The topological polar surface area (TPSA) is 66.5 Å². The molecule has 23 heavy (non-hydrogen) atoms. The van der Waals surface area contributed by atoms with Gasteiger partial charge in [-0.25, -0.2) is 12.7 Å². The fourth-order valence-corrected chi connectivity index (χ4v) is 4.79. The summed E-state index contributed by atoms with van der Waals surface area (Å²) in [6.07, 6.45) is 2.88. The van der Waals surface area contributed by atoms with Crippen LogP contribution in [0.5, 0.6) is 0 Å². The minimum Gasteiger partial charge on any atom is -0.349 e. The van der Waals surface area contributed by atoms with Gasteiger partial charge in [-0.3, -0.25) is 4.79 Å². The maximum absolute atomic E-state index is 12.3. The Morgan fingerprint density at radius 1 is 1.30 bits per heavy atom. The van der Waals surface area contributed by atoms with Crippen molar-refractivity contribution in [3.05, 3.63) is 34.3 Å². The highest BCUT2D eigenvalue weighted by molar-refractivity contribution is 9.10. The molecule has 7 heteroatoms. The lowest BCUT2D eigenvalue weighted by Gasteiger charge is -2.31. The highest BCUT2D eigenvalue weighted by Gasteiger charge is 2.28. The van der Waals surface area contributed by atoms with E-state index >= 15 is 0 Å². The Kier molecular flexibility index (Phi) is 6.61. The van der Waals surface area contributed by atoms with Crippen molar-refractivity contribution in [2.75, 3.05) is 18.8 Å². The van der Waals surface area contributed by atoms with E-state index in [1.807, 2.05) is 25.1 Å². The van der Waals surface area contributed by atoms with Gasteiger partial charge in [0.1, 0.15) is 0 Å². The summed E-state index contributed by atoms with van der Waals surface area (Å²) in [5.74, 6) is 0.0991. The summed E-state index contributed by atoms with van der Waals surface area (Å²) in [6.45, 7) is 2.94. The van der Waals surface area contributed by atoms with Crippen molar-refractivity contribution in [2.24, 2.45) is 0 Å². The number of carbonyl (C=O) groups is 1. The van der Waals surface area contributed by atoms with Crippen molar-refractivity contribution in [2.45, 2.75) is 38.6 Å². The van der Waals surface area contributed by atoms with Crippen LogP contribution in [0.3, 0.4) is 0 Å². The van der Waals surface area contributed by atoms with E-state index in [1.165, 1.54) is 0 Å². The Bertz CT molecular complexity index is 640. The fraction of sp³-hybridized carbons (Fsp3) is 0.562. The number of unbranched alkanes of at least 4 members (excludes halogenated alkanes) is 1. The number of hydrogen-bond acceptors (Lipinski definition) is 3. The maximum Gasteiger partial charge on any atom is 0.252 e. The monoisotopic (exact) mass is 402 g/mol. The lowest BCUT2D eigenvalue weighted by molar-refractivity contribution is 0.0923. The first-order valence-corrected chi connectivity index (χ1v) is 10.4. The summed E-state index contributed by atoms with van der Waals surface area (Å²) in [7, 11) is -3.14. The van der Waals surface area contributed by atoms with Crippen molar-refractivity contribution in [3.63, 3.8) is 0 Å². The van der Waals surface area contributed by atoms with Gasteiger partial charge in [-0.2, -0.15) is 0 Å². The molecule has 1 aliphatic heterocycles. The van der Waals surface area contributed by atoms with Crippen molar-refractivity contribution in [1.82, 2.24) is 9.62 Å². The van der Waals surface area contributed by atoms with E-state index in [0.717, 1.165) is 10.9 Å². The highest BCUT2D eigenvalue weighted by atomic mass is 79.9. The number of nitrogens with one attached hydrogen (secondary N) is 1. The minimum atomic E-state index is -3.14. The van der Waals surface area contributed by atoms with Crippen molar-refractivity contribution < 1.29 is 13.2 Å². The standard InChI is InChI=1S/C16H23BrN2O3S/c1-2-3-12-23(21,22)19-10-8-13(9-11-19)18-16(20)14-6-4-5-7-15(14)17/h4-7,13H,2-3,8-12H2,1H3,(H,18,20). The minimum absolute atomic E-state index is 0.0206. The first-order chi connectivity index (χ1) is 10.9. The molecule has 0 radical (unpaired) electrons. The Labute approximate surface area is 146 Å². The van der Waals surface area contributed by atoms with Gasteiger partial charge >= 0.3 is 0 Å². The molecule has 1 aromatic carbocycles. The fourth-order valence-electron chi connectivity index (χ4n) is 2.64. The van der Waals surface area contributed by atoms with Crippen LogP contribution in [0.15, 0.2) is 28.7 Å². The van der Waals surface area contributed by atoms with Crippen molar-refractivity contribution in [3.8, 4) is 0 Å². The lowest BCUT2D eigenvalue weighted by Crippen LogP contribution is -2.47. The van der Waals surface area contributed by atoms with Crippen LogP contribution in [-0.4, -0.2) is 43.5 Å². The Morgan fingerprint density at radius 3 is 2.57 bits per heavy atom. The van der Waals surface area contributed by atoms with Gasteiger partial charge in [-0.05, 0) is 47.3 Å². The summed E-state index contributed by atoms with van der Waals surface area (Å²) < 4.78 is 26.7. The van der Waals surface area contributed by atoms with Crippen molar-refractivity contribution >= 4 is 31.9 Å². The molecule has 0 aromatic heterocycles. The van der Waals surface area contributed by atoms with Gasteiger partial charge in [-0.1, -0.05) is 25.5 Å².